The van der Waals surface area contributed by atoms with E-state index in [1.165, 1.54) is 0 Å². The molecule has 1 aromatic rings. The van der Waals surface area contributed by atoms with E-state index in [0.29, 0.717) is 6.07 Å². The average molecular weight is 353 g/mol. The highest BCUT2D eigenvalue weighted by molar-refractivity contribution is 9.10. The van der Waals surface area contributed by atoms with Crippen molar-refractivity contribution < 1.29 is 17.7 Å². The van der Waals surface area contributed by atoms with Crippen molar-refractivity contribution >= 4 is 53.0 Å². The van der Waals surface area contributed by atoms with Crippen LogP contribution in [0.5, 0.6) is 0 Å². The van der Waals surface area contributed by atoms with Crippen LogP contribution in [0.15, 0.2) is 15.4 Å². The molecule has 0 radical (unpaired) electrons. The molecule has 16 heavy (non-hydrogen) atoms. The Balaban J connectivity index is 3.78. The fourth-order valence-electron chi connectivity index (χ4n) is 0.906. The summed E-state index contributed by atoms with van der Waals surface area (Å²) in [4.78, 5) is 8.38. The van der Waals surface area contributed by atoms with Gasteiger partial charge in [0.25, 0.3) is 9.05 Å². The van der Waals surface area contributed by atoms with Crippen LogP contribution in [0.25, 0.3) is 0 Å². The number of halogens is 4. The van der Waals surface area contributed by atoms with Gasteiger partial charge >= 0.3 is 5.69 Å². The molecular formula is C6HBrCl2FNO4S. The lowest BCUT2D eigenvalue weighted by molar-refractivity contribution is -0.388. The Morgan fingerprint density at radius 1 is 1.50 bits per heavy atom. The molecule has 0 unspecified atom stereocenters. The molecule has 0 spiro atoms. The molecule has 0 amide bonds. The van der Waals surface area contributed by atoms with E-state index in [1.54, 1.807) is 0 Å². The first-order chi connectivity index (χ1) is 7.16. The van der Waals surface area contributed by atoms with E-state index in [2.05, 4.69) is 15.9 Å². The summed E-state index contributed by atoms with van der Waals surface area (Å²) in [5, 5.41) is 10.2. The molecule has 1 aromatic carbocycles. The van der Waals surface area contributed by atoms with E-state index >= 15 is 0 Å². The number of nitro benzene ring substituents is 1. The molecule has 0 fully saturated rings. The van der Waals surface area contributed by atoms with Gasteiger partial charge in [-0.3, -0.25) is 10.1 Å². The van der Waals surface area contributed by atoms with Gasteiger partial charge in [-0.15, -0.1) is 0 Å². The van der Waals surface area contributed by atoms with Crippen LogP contribution >= 0.6 is 38.2 Å². The summed E-state index contributed by atoms with van der Waals surface area (Å²) in [5.41, 5.74) is -1.08. The van der Waals surface area contributed by atoms with E-state index in [9.17, 15) is 22.9 Å². The highest BCUT2D eigenvalue weighted by atomic mass is 79.9. The monoisotopic (exact) mass is 351 g/mol. The lowest BCUT2D eigenvalue weighted by Gasteiger charge is -2.03. The molecule has 0 heterocycles. The number of nitro groups is 1. The smallest absolute Gasteiger partial charge is 0.258 e. The highest BCUT2D eigenvalue weighted by Gasteiger charge is 2.30. The Morgan fingerprint density at radius 3 is 2.38 bits per heavy atom. The first kappa shape index (κ1) is 13.6. The van der Waals surface area contributed by atoms with Crippen molar-refractivity contribution in [1.29, 1.82) is 0 Å². The summed E-state index contributed by atoms with van der Waals surface area (Å²) >= 11 is 8.18. The zero-order valence-corrected chi connectivity index (χ0v) is 11.0. The molecule has 0 aliphatic carbocycles. The Morgan fingerprint density at radius 2 is 2.00 bits per heavy atom. The molecule has 1 rings (SSSR count). The molecule has 0 N–H and O–H groups in total. The summed E-state index contributed by atoms with van der Waals surface area (Å²) in [5.74, 6) is -1.56. The third-order valence-electron chi connectivity index (χ3n) is 1.54. The van der Waals surface area contributed by atoms with Crippen LogP contribution in [-0.2, 0) is 9.05 Å². The Hall–Kier alpha value is -0.440. The van der Waals surface area contributed by atoms with Crippen LogP contribution < -0.4 is 0 Å². The molecule has 0 saturated carbocycles. The maximum absolute atomic E-state index is 13.5. The molecule has 0 aliphatic rings. The summed E-state index contributed by atoms with van der Waals surface area (Å²) in [6, 6.07) is 0.691. The molecule has 0 bridgehead atoms. The van der Waals surface area contributed by atoms with Crippen LogP contribution in [0.4, 0.5) is 10.1 Å². The van der Waals surface area contributed by atoms with Crippen LogP contribution in [0, 0.1) is 15.9 Å². The number of rotatable bonds is 2. The predicted molar refractivity (Wildman–Crippen MR) is 58.8 cm³/mol. The second-order valence-electron chi connectivity index (χ2n) is 2.53. The van der Waals surface area contributed by atoms with Crippen molar-refractivity contribution in [1.82, 2.24) is 0 Å². The van der Waals surface area contributed by atoms with Crippen molar-refractivity contribution in [3.63, 3.8) is 0 Å². The van der Waals surface area contributed by atoms with Crippen LogP contribution in [0.3, 0.4) is 0 Å². The van der Waals surface area contributed by atoms with E-state index < -0.39 is 30.4 Å². The van der Waals surface area contributed by atoms with Crippen LogP contribution in [-0.4, -0.2) is 13.3 Å². The summed E-state index contributed by atoms with van der Waals surface area (Å²) in [6.45, 7) is 0. The maximum Gasteiger partial charge on any atom is 0.321 e. The van der Waals surface area contributed by atoms with Crippen molar-refractivity contribution in [3.05, 3.63) is 31.5 Å². The maximum atomic E-state index is 13.5. The topological polar surface area (TPSA) is 77.3 Å². The van der Waals surface area contributed by atoms with Gasteiger partial charge in [-0.25, -0.2) is 8.42 Å². The second kappa shape index (κ2) is 4.44. The highest BCUT2D eigenvalue weighted by Crippen LogP contribution is 2.38. The fourth-order valence-corrected chi connectivity index (χ4v) is 2.51. The third kappa shape index (κ3) is 2.45. The van der Waals surface area contributed by atoms with E-state index in [4.69, 9.17) is 22.3 Å². The Labute approximate surface area is 107 Å². The average Bonchev–Trinajstić information content (AvgIpc) is 2.09. The van der Waals surface area contributed by atoms with Crippen molar-refractivity contribution in [2.75, 3.05) is 0 Å². The Bertz CT molecular complexity index is 576. The minimum Gasteiger partial charge on any atom is -0.258 e. The van der Waals surface area contributed by atoms with Gasteiger partial charge in [0.2, 0.25) is 5.82 Å². The zero-order valence-electron chi connectivity index (χ0n) is 7.08. The standard InChI is InChI=1S/C6HBrCl2FNO4S/c7-4-2(8)1-3(16(9,14)15)5(10)6(4)11(12)13/h1H. The fraction of sp³-hybridized carbons (Fsp3) is 0. The van der Waals surface area contributed by atoms with Crippen molar-refractivity contribution in [2.24, 2.45) is 0 Å². The number of hydrogen-bond acceptors (Lipinski definition) is 4. The van der Waals surface area contributed by atoms with Gasteiger partial charge in [0.05, 0.1) is 9.95 Å². The van der Waals surface area contributed by atoms with Crippen LogP contribution in [0.2, 0.25) is 5.02 Å². The quantitative estimate of drug-likeness (QED) is 0.354. The van der Waals surface area contributed by atoms with Gasteiger partial charge in [-0.05, 0) is 22.0 Å². The number of benzene rings is 1. The lowest BCUT2D eigenvalue weighted by Crippen LogP contribution is -2.02. The number of hydrogen-bond donors (Lipinski definition) is 0. The zero-order chi connectivity index (χ0) is 12.7. The minimum absolute atomic E-state index is 0.327. The number of nitrogens with zero attached hydrogens (tertiary/aromatic N) is 1. The largest absolute Gasteiger partial charge is 0.321 e. The molecule has 0 aliphatic heterocycles. The first-order valence-electron chi connectivity index (χ1n) is 3.42. The first-order valence-corrected chi connectivity index (χ1v) is 6.91. The van der Waals surface area contributed by atoms with Crippen molar-refractivity contribution in [3.8, 4) is 0 Å². The molecule has 10 heteroatoms. The minimum atomic E-state index is -4.44. The Kier molecular flexibility index (Phi) is 3.78. The molecule has 0 aromatic heterocycles. The van der Waals surface area contributed by atoms with Gasteiger partial charge < -0.3 is 0 Å². The summed E-state index contributed by atoms with van der Waals surface area (Å²) in [7, 11) is 0.459. The molecule has 0 atom stereocenters. The SMILES string of the molecule is O=[N+]([O-])c1c(F)c(S(=O)(=O)Cl)cc(Cl)c1Br. The van der Waals surface area contributed by atoms with Gasteiger partial charge in [0, 0.05) is 10.7 Å². The second-order valence-corrected chi connectivity index (χ2v) is 6.26. The normalized spacial score (nSPS) is 11.5. The van der Waals surface area contributed by atoms with E-state index in [1.807, 2.05) is 0 Å². The molecule has 88 valence electrons. The van der Waals surface area contributed by atoms with E-state index in [-0.39, 0.29) is 9.50 Å². The lowest BCUT2D eigenvalue weighted by atomic mass is 10.3. The molecular weight excluding hydrogens is 352 g/mol. The van der Waals surface area contributed by atoms with Gasteiger partial charge in [0.1, 0.15) is 9.37 Å². The van der Waals surface area contributed by atoms with Crippen LogP contribution in [0.1, 0.15) is 0 Å². The molecule has 0 saturated heterocycles. The van der Waals surface area contributed by atoms with Gasteiger partial charge in [0.15, 0.2) is 0 Å². The van der Waals surface area contributed by atoms with Crippen molar-refractivity contribution in [2.45, 2.75) is 4.90 Å². The van der Waals surface area contributed by atoms with Gasteiger partial charge in [-0.1, -0.05) is 11.6 Å². The van der Waals surface area contributed by atoms with E-state index in [0.717, 1.165) is 0 Å². The van der Waals surface area contributed by atoms with Gasteiger partial charge in [-0.2, -0.15) is 4.39 Å². The summed E-state index contributed by atoms with van der Waals surface area (Å²) in [6.07, 6.45) is 0. The summed E-state index contributed by atoms with van der Waals surface area (Å²) < 4.78 is 35.0. The predicted octanol–water partition coefficient (Wildman–Crippen LogP) is 3.08. The third-order valence-corrected chi connectivity index (χ3v) is 4.20. The molecule has 5 nitrogen and oxygen atoms in total.